The predicted molar refractivity (Wildman–Crippen MR) is 73.3 cm³/mol. The van der Waals surface area contributed by atoms with Crippen LogP contribution in [0.1, 0.15) is 0 Å². The SMILES string of the molecule is COC(=O)[C@@H]1O[B-]2(O[C@H]1C(=O)OC)O[C@@H](C(=O)OC)[C@H](C(=O)OC)O2. The summed E-state index contributed by atoms with van der Waals surface area (Å²) in [5.41, 5.74) is 0. The number of esters is 4. The maximum Gasteiger partial charge on any atom is 0.533 e. The lowest BCUT2D eigenvalue weighted by molar-refractivity contribution is -0.160. The Morgan fingerprint density at radius 1 is 0.560 bits per heavy atom. The third-order valence-electron chi connectivity index (χ3n) is 3.54. The molecule has 0 aliphatic carbocycles. The Hall–Kier alpha value is -2.22. The van der Waals surface area contributed by atoms with Gasteiger partial charge in [-0.05, 0) is 0 Å². The Bertz CT molecular complexity index is 475. The maximum atomic E-state index is 11.8. The second-order valence-corrected chi connectivity index (χ2v) is 4.90. The Balaban J connectivity index is 2.31. The van der Waals surface area contributed by atoms with E-state index in [9.17, 15) is 19.2 Å². The molecule has 2 saturated heterocycles. The van der Waals surface area contributed by atoms with Gasteiger partial charge in [0.05, 0.1) is 28.4 Å². The normalized spacial score (nSPS) is 29.9. The molecule has 0 unspecified atom stereocenters. The van der Waals surface area contributed by atoms with Gasteiger partial charge in [-0.15, -0.1) is 0 Å². The van der Waals surface area contributed by atoms with Crippen LogP contribution in [0.15, 0.2) is 0 Å². The highest BCUT2D eigenvalue weighted by Gasteiger charge is 2.61. The van der Waals surface area contributed by atoms with Crippen LogP contribution >= 0.6 is 0 Å². The van der Waals surface area contributed by atoms with Crippen molar-refractivity contribution in [1.29, 1.82) is 0 Å². The molecule has 13 heteroatoms. The lowest BCUT2D eigenvalue weighted by Gasteiger charge is -2.28. The molecular formula is C12H16BO12-. The topological polar surface area (TPSA) is 142 Å². The zero-order valence-electron chi connectivity index (χ0n) is 13.8. The van der Waals surface area contributed by atoms with Crippen LogP contribution in [0, 0.1) is 0 Å². The minimum atomic E-state index is -3.29. The maximum absolute atomic E-state index is 11.8. The molecule has 2 aliphatic rings. The smallest absolute Gasteiger partial charge is 0.505 e. The van der Waals surface area contributed by atoms with Crippen LogP contribution < -0.4 is 0 Å². The number of methoxy groups -OCH3 is 4. The van der Waals surface area contributed by atoms with Gasteiger partial charge in [-0.25, -0.2) is 19.2 Å². The van der Waals surface area contributed by atoms with Crippen molar-refractivity contribution in [3.05, 3.63) is 0 Å². The number of carbonyl (C=O) groups is 4. The average Bonchev–Trinajstić information content (AvgIpc) is 3.20. The van der Waals surface area contributed by atoms with E-state index in [1.165, 1.54) is 0 Å². The Kier molecular flexibility index (Phi) is 5.62. The van der Waals surface area contributed by atoms with Crippen LogP contribution in [0.2, 0.25) is 0 Å². The molecule has 0 saturated carbocycles. The van der Waals surface area contributed by atoms with Crippen molar-refractivity contribution < 1.29 is 56.7 Å². The highest BCUT2D eigenvalue weighted by molar-refractivity contribution is 6.56. The van der Waals surface area contributed by atoms with Crippen molar-refractivity contribution in [2.75, 3.05) is 28.4 Å². The van der Waals surface area contributed by atoms with Gasteiger partial charge in [-0.2, -0.15) is 0 Å². The van der Waals surface area contributed by atoms with E-state index in [0.29, 0.717) is 0 Å². The quantitative estimate of drug-likeness (QED) is 0.301. The summed E-state index contributed by atoms with van der Waals surface area (Å²) in [7, 11) is 4.23. The molecule has 0 bridgehead atoms. The minimum Gasteiger partial charge on any atom is -0.505 e. The van der Waals surface area contributed by atoms with Crippen LogP contribution in [0.25, 0.3) is 0 Å². The van der Waals surface area contributed by atoms with Gasteiger partial charge in [0.15, 0.2) is 24.4 Å². The molecule has 0 aromatic rings. The van der Waals surface area contributed by atoms with Gasteiger partial charge in [0.2, 0.25) is 0 Å². The zero-order chi connectivity index (χ0) is 18.8. The first kappa shape index (κ1) is 19.1. The number of carbonyl (C=O) groups excluding carboxylic acids is 4. The van der Waals surface area contributed by atoms with Crippen molar-refractivity contribution in [1.82, 2.24) is 0 Å². The van der Waals surface area contributed by atoms with Crippen molar-refractivity contribution >= 4 is 30.8 Å². The van der Waals surface area contributed by atoms with Gasteiger partial charge < -0.3 is 37.6 Å². The van der Waals surface area contributed by atoms with Gasteiger partial charge in [-0.3, -0.25) is 0 Å². The van der Waals surface area contributed by atoms with Crippen LogP contribution in [0.3, 0.4) is 0 Å². The molecule has 0 aromatic heterocycles. The van der Waals surface area contributed by atoms with Gasteiger partial charge >= 0.3 is 30.8 Å². The van der Waals surface area contributed by atoms with Crippen molar-refractivity contribution in [2.45, 2.75) is 24.4 Å². The number of hydrogen-bond acceptors (Lipinski definition) is 12. The predicted octanol–water partition coefficient (Wildman–Crippen LogP) is -2.32. The summed E-state index contributed by atoms with van der Waals surface area (Å²) < 4.78 is 39.1. The van der Waals surface area contributed by atoms with E-state index in [-0.39, 0.29) is 0 Å². The third-order valence-corrected chi connectivity index (χ3v) is 3.54. The Labute approximate surface area is 141 Å². The molecule has 2 aliphatic heterocycles. The second-order valence-electron chi connectivity index (χ2n) is 4.90. The Morgan fingerprint density at radius 3 is 0.920 bits per heavy atom. The van der Waals surface area contributed by atoms with Crippen LogP contribution in [0.5, 0.6) is 0 Å². The summed E-state index contributed by atoms with van der Waals surface area (Å²) in [6.07, 6.45) is -6.36. The number of rotatable bonds is 4. The van der Waals surface area contributed by atoms with Gasteiger partial charge in [0.25, 0.3) is 0 Å². The molecule has 4 atom stereocenters. The van der Waals surface area contributed by atoms with Crippen LogP contribution in [-0.4, -0.2) is 83.7 Å². The van der Waals surface area contributed by atoms with Crippen LogP contribution in [-0.2, 0) is 56.7 Å². The van der Waals surface area contributed by atoms with E-state index < -0.39 is 55.3 Å². The fraction of sp³-hybridized carbons (Fsp3) is 0.667. The van der Waals surface area contributed by atoms with Crippen molar-refractivity contribution in [3.63, 3.8) is 0 Å². The number of ether oxygens (including phenoxy) is 4. The molecule has 1 spiro atoms. The lowest BCUT2D eigenvalue weighted by atomic mass is 10.1. The monoisotopic (exact) mass is 363 g/mol. The fourth-order valence-electron chi connectivity index (χ4n) is 2.38. The summed E-state index contributed by atoms with van der Waals surface area (Å²) >= 11 is 0. The second kappa shape index (κ2) is 7.35. The molecule has 0 N–H and O–H groups in total. The molecule has 140 valence electrons. The first-order valence-electron chi connectivity index (χ1n) is 6.97. The molecular weight excluding hydrogens is 347 g/mol. The van der Waals surface area contributed by atoms with Crippen molar-refractivity contribution in [2.24, 2.45) is 0 Å². The van der Waals surface area contributed by atoms with Crippen LogP contribution in [0.4, 0.5) is 0 Å². The minimum absolute atomic E-state index is 0.975. The molecule has 2 fully saturated rings. The summed E-state index contributed by atoms with van der Waals surface area (Å²) in [5, 5.41) is 0. The standard InChI is InChI=1S/C12H16BO12/c1-18-9(14)5-6(10(15)19-2)23-13(22-5)24-7(11(16)20-3)8(25-13)12(17)21-4/h5-8H,1-4H3/q-1/t5-,6-,7-,8-/m1/s1. The van der Waals surface area contributed by atoms with E-state index in [2.05, 4.69) is 18.9 Å². The summed E-state index contributed by atoms with van der Waals surface area (Å²) in [6, 6.07) is 0. The van der Waals surface area contributed by atoms with E-state index in [1.807, 2.05) is 0 Å². The first-order valence-corrected chi connectivity index (χ1v) is 6.97. The highest BCUT2D eigenvalue weighted by Crippen LogP contribution is 2.37. The molecule has 25 heavy (non-hydrogen) atoms. The molecule has 0 amide bonds. The van der Waals surface area contributed by atoms with Gasteiger partial charge in [0.1, 0.15) is 0 Å². The van der Waals surface area contributed by atoms with Gasteiger partial charge in [0, 0.05) is 0 Å². The molecule has 2 rings (SSSR count). The lowest BCUT2D eigenvalue weighted by Crippen LogP contribution is -2.42. The summed E-state index contributed by atoms with van der Waals surface area (Å²) in [6.45, 7) is -3.29. The first-order chi connectivity index (χ1) is 11.8. The molecule has 0 aromatic carbocycles. The largest absolute Gasteiger partial charge is 0.533 e. The summed E-state index contributed by atoms with van der Waals surface area (Å²) in [5.74, 6) is -3.90. The van der Waals surface area contributed by atoms with Gasteiger partial charge in [-0.1, -0.05) is 0 Å². The van der Waals surface area contributed by atoms with E-state index in [0.717, 1.165) is 28.4 Å². The van der Waals surface area contributed by atoms with Crippen molar-refractivity contribution in [3.8, 4) is 0 Å². The average molecular weight is 363 g/mol. The summed E-state index contributed by atoms with van der Waals surface area (Å²) in [4.78, 5) is 47.2. The molecule has 12 nitrogen and oxygen atoms in total. The number of hydrogen-bond donors (Lipinski definition) is 0. The zero-order valence-corrected chi connectivity index (χ0v) is 13.8. The Morgan fingerprint density at radius 2 is 0.760 bits per heavy atom. The third kappa shape index (κ3) is 3.44. The highest BCUT2D eigenvalue weighted by atomic mass is 16.9. The van der Waals surface area contributed by atoms with E-state index >= 15 is 0 Å². The molecule has 2 heterocycles. The van der Waals surface area contributed by atoms with E-state index in [4.69, 9.17) is 18.6 Å². The molecule has 0 radical (unpaired) electrons. The van der Waals surface area contributed by atoms with E-state index in [1.54, 1.807) is 0 Å². The fourth-order valence-corrected chi connectivity index (χ4v) is 2.38.